The van der Waals surface area contributed by atoms with E-state index >= 15 is 0 Å². The number of pyridine rings is 1. The highest BCUT2D eigenvalue weighted by Crippen LogP contribution is 2.48. The Bertz CT molecular complexity index is 2690. The number of thiazole rings is 1. The molecule has 354 valence electrons. The zero-order valence-corrected chi connectivity index (χ0v) is 38.7. The molecule has 2 saturated carbocycles. The Hall–Kier alpha value is -5.50. The summed E-state index contributed by atoms with van der Waals surface area (Å²) < 4.78 is 98.3. The first-order valence-electron chi connectivity index (χ1n) is 22.0. The second-order valence-electron chi connectivity index (χ2n) is 18.1. The van der Waals surface area contributed by atoms with Crippen LogP contribution >= 0.6 is 11.3 Å². The first kappa shape index (κ1) is 47.0. The number of carbonyl (C=O) groups excluding carboxylic acids is 3. The molecule has 0 unspecified atom stereocenters. The van der Waals surface area contributed by atoms with Gasteiger partial charge in [0.1, 0.15) is 45.9 Å². The summed E-state index contributed by atoms with van der Waals surface area (Å²) >= 11 is 1.43. The average molecular weight is 957 g/mol. The van der Waals surface area contributed by atoms with E-state index in [1.54, 1.807) is 32.2 Å². The molecule has 8 rings (SSSR count). The van der Waals surface area contributed by atoms with E-state index in [0.717, 1.165) is 23.4 Å². The van der Waals surface area contributed by atoms with Gasteiger partial charge in [-0.1, -0.05) is 38.8 Å². The van der Waals surface area contributed by atoms with Crippen LogP contribution in [0.15, 0.2) is 53.9 Å². The number of nitrogens with one attached hydrogen (secondary N) is 3. The van der Waals surface area contributed by atoms with Crippen molar-refractivity contribution in [3.63, 3.8) is 0 Å². The zero-order valence-electron chi connectivity index (χ0n) is 37.1. The molecule has 5 atom stereocenters. The van der Waals surface area contributed by atoms with E-state index in [1.165, 1.54) is 22.3 Å². The number of rotatable bonds is 11. The zero-order chi connectivity index (χ0) is 47.3. The van der Waals surface area contributed by atoms with Crippen LogP contribution < -0.4 is 29.6 Å². The highest BCUT2D eigenvalue weighted by molar-refractivity contribution is 7.91. The van der Waals surface area contributed by atoms with Gasteiger partial charge in [-0.05, 0) is 82.6 Å². The van der Waals surface area contributed by atoms with Crippen molar-refractivity contribution < 1.29 is 54.6 Å². The normalized spacial score (nSPS) is 24.9. The summed E-state index contributed by atoms with van der Waals surface area (Å²) in [6, 6.07) is 5.77. The lowest BCUT2D eigenvalue weighted by molar-refractivity contribution is -0.275. The fourth-order valence-electron chi connectivity index (χ4n) is 8.60. The van der Waals surface area contributed by atoms with Crippen molar-refractivity contribution >= 4 is 55.7 Å². The molecule has 0 spiro atoms. The fraction of sp³-hybridized carbons (Fsp3) is 0.500. The van der Waals surface area contributed by atoms with Gasteiger partial charge in [-0.15, -0.1) is 24.5 Å². The predicted molar refractivity (Wildman–Crippen MR) is 239 cm³/mol. The Morgan fingerprint density at radius 3 is 2.52 bits per heavy atom. The molecule has 20 heteroatoms. The van der Waals surface area contributed by atoms with E-state index in [2.05, 4.69) is 20.1 Å². The van der Waals surface area contributed by atoms with Crippen LogP contribution in [-0.2, 0) is 24.4 Å². The Morgan fingerprint density at radius 2 is 1.82 bits per heavy atom. The summed E-state index contributed by atoms with van der Waals surface area (Å²) in [5.41, 5.74) is 1.07. The van der Waals surface area contributed by atoms with Crippen molar-refractivity contribution in [2.45, 2.75) is 126 Å². The van der Waals surface area contributed by atoms with Crippen LogP contribution in [0.3, 0.4) is 0 Å². The summed E-state index contributed by atoms with van der Waals surface area (Å²) in [4.78, 5) is 54.9. The van der Waals surface area contributed by atoms with Crippen LogP contribution in [-0.4, -0.2) is 89.5 Å². The van der Waals surface area contributed by atoms with E-state index < -0.39 is 80.1 Å². The number of alkyl halides is 3. The SMILES string of the molecule is COc1ccc2c(O[C@@H]3C[C@H]4C(=O)N[C@]5(C(=O)NS(=O)(=O)C6(C)CC6)C[C@H]5/C=C\CCCCC[C@H](Nc5ccc(F)c(OC(F)(F)F)c5)C(=O)N4C3)cc(-c3nc(C(C)C)cs3)nc2c1C. The van der Waals surface area contributed by atoms with Gasteiger partial charge >= 0.3 is 6.36 Å². The number of ether oxygens (including phenoxy) is 3. The number of amides is 3. The molecule has 3 fully saturated rings. The minimum absolute atomic E-state index is 0.0331. The summed E-state index contributed by atoms with van der Waals surface area (Å²) in [6.45, 7) is 7.35. The van der Waals surface area contributed by atoms with Crippen LogP contribution in [0.2, 0.25) is 0 Å². The minimum Gasteiger partial charge on any atom is -0.496 e. The van der Waals surface area contributed by atoms with Gasteiger partial charge in [-0.25, -0.2) is 22.8 Å². The lowest BCUT2D eigenvalue weighted by atomic mass is 10.0. The molecule has 4 heterocycles. The summed E-state index contributed by atoms with van der Waals surface area (Å²) in [5, 5.41) is 9.09. The Morgan fingerprint density at radius 1 is 1.05 bits per heavy atom. The van der Waals surface area contributed by atoms with E-state index in [-0.39, 0.29) is 37.4 Å². The molecule has 2 aliphatic carbocycles. The van der Waals surface area contributed by atoms with Gasteiger partial charge in [0.2, 0.25) is 21.8 Å². The van der Waals surface area contributed by atoms with Crippen molar-refractivity contribution in [1.29, 1.82) is 0 Å². The molecular formula is C46H52F4N6O8S2. The van der Waals surface area contributed by atoms with E-state index in [1.807, 2.05) is 38.3 Å². The molecule has 14 nitrogen and oxygen atoms in total. The Balaban J connectivity index is 1.16. The molecular weight excluding hydrogens is 905 g/mol. The van der Waals surface area contributed by atoms with Crippen molar-refractivity contribution in [2.24, 2.45) is 5.92 Å². The van der Waals surface area contributed by atoms with Gasteiger partial charge in [0.25, 0.3) is 5.91 Å². The quantitative estimate of drug-likeness (QED) is 0.0979. The third-order valence-electron chi connectivity index (χ3n) is 13.0. The second-order valence-corrected chi connectivity index (χ2v) is 21.2. The van der Waals surface area contributed by atoms with Crippen molar-refractivity contribution in [3.8, 4) is 28.0 Å². The lowest BCUT2D eigenvalue weighted by Gasteiger charge is -2.30. The van der Waals surface area contributed by atoms with Crippen LogP contribution in [0.5, 0.6) is 17.2 Å². The number of halogens is 4. The standard InChI is InChI=1S/C46H52F4N6O8S2/c1-25(2)34-24-65-41(53-34)33-21-37(30-14-16-36(62-5)26(3)39(30)52-33)63-29-20-35-40(57)54-45(43(59)55-66(60,61)44(4)17-18-44)22-27(45)11-9-7-6-8-10-12-32(42(58)56(35)23-29)51-28-13-15-31(47)38(19-28)64-46(48,49)50/h9,11,13-16,19,21,24-25,27,29,32,35,51H,6-8,10,12,17-18,20,22-23H2,1-5H3,(H,54,57)(H,55,59)/b11-9-/t27-,29-,32+,35+,45-/m1/s1. The highest BCUT2D eigenvalue weighted by Gasteiger charge is 2.63. The van der Waals surface area contributed by atoms with Crippen molar-refractivity contribution in [3.05, 3.63) is 71.0 Å². The molecule has 1 saturated heterocycles. The topological polar surface area (TPSA) is 178 Å². The largest absolute Gasteiger partial charge is 0.573 e. The van der Waals surface area contributed by atoms with Gasteiger partial charge in [-0.3, -0.25) is 19.1 Å². The molecule has 4 aliphatic rings. The van der Waals surface area contributed by atoms with Crippen LogP contribution in [0, 0.1) is 18.7 Å². The van der Waals surface area contributed by atoms with Crippen LogP contribution in [0.1, 0.15) is 95.7 Å². The molecule has 2 aliphatic heterocycles. The smallest absolute Gasteiger partial charge is 0.496 e. The molecule has 2 aromatic carbocycles. The molecule has 3 N–H and O–H groups in total. The molecule has 0 bridgehead atoms. The molecule has 2 aromatic heterocycles. The van der Waals surface area contributed by atoms with Crippen molar-refractivity contribution in [2.75, 3.05) is 19.0 Å². The Kier molecular flexibility index (Phi) is 12.8. The van der Waals surface area contributed by atoms with Gasteiger partial charge in [0.15, 0.2) is 11.6 Å². The molecule has 66 heavy (non-hydrogen) atoms. The minimum atomic E-state index is -5.18. The monoisotopic (exact) mass is 956 g/mol. The number of carbonyl (C=O) groups is 3. The van der Waals surface area contributed by atoms with Crippen LogP contribution in [0.4, 0.5) is 23.2 Å². The van der Waals surface area contributed by atoms with Gasteiger partial charge in [-0.2, -0.15) is 0 Å². The Labute approximate surface area is 383 Å². The molecule has 3 amide bonds. The first-order valence-corrected chi connectivity index (χ1v) is 24.4. The predicted octanol–water partition coefficient (Wildman–Crippen LogP) is 8.06. The maximum atomic E-state index is 15.0. The maximum Gasteiger partial charge on any atom is 0.573 e. The number of aryl methyl sites for hydroxylation is 1. The number of nitrogens with zero attached hydrogens (tertiary/aromatic N) is 3. The van der Waals surface area contributed by atoms with Crippen LogP contribution in [0.25, 0.3) is 21.6 Å². The summed E-state index contributed by atoms with van der Waals surface area (Å²) in [5.74, 6) is -3.93. The highest BCUT2D eigenvalue weighted by atomic mass is 32.2. The summed E-state index contributed by atoms with van der Waals surface area (Å²) in [7, 11) is -2.53. The lowest BCUT2D eigenvalue weighted by Crippen LogP contribution is -2.58. The van der Waals surface area contributed by atoms with Gasteiger partial charge in [0, 0.05) is 46.5 Å². The fourth-order valence-corrected chi connectivity index (χ4v) is 10.9. The third-order valence-corrected chi connectivity index (χ3v) is 16.0. The van der Waals surface area contributed by atoms with Crippen molar-refractivity contribution in [1.82, 2.24) is 24.9 Å². The maximum absolute atomic E-state index is 15.0. The van der Waals surface area contributed by atoms with E-state index in [0.29, 0.717) is 71.6 Å². The number of sulfonamides is 1. The molecule has 4 aromatic rings. The van der Waals surface area contributed by atoms with Gasteiger partial charge in [0.05, 0.1) is 29.6 Å². The summed E-state index contributed by atoms with van der Waals surface area (Å²) in [6.07, 6.45) is 1.08. The number of hydrogen-bond donors (Lipinski definition) is 3. The number of benzene rings is 2. The number of fused-ring (bicyclic) bond motifs is 3. The number of hydrogen-bond acceptors (Lipinski definition) is 12. The number of allylic oxidation sites excluding steroid dienone is 1. The number of methoxy groups -OCH3 is 1. The molecule has 0 radical (unpaired) electrons. The number of anilines is 1. The first-order chi connectivity index (χ1) is 31.2. The van der Waals surface area contributed by atoms with Gasteiger partial charge < -0.3 is 29.7 Å². The van der Waals surface area contributed by atoms with E-state index in [9.17, 15) is 40.4 Å². The third kappa shape index (κ3) is 9.66. The average Bonchev–Trinajstić information content (AvgIpc) is 4.03. The second kappa shape index (κ2) is 18.0. The van der Waals surface area contributed by atoms with E-state index in [4.69, 9.17) is 19.4 Å². The number of aromatic nitrogens is 2.